The Labute approximate surface area is 115 Å². The van der Waals surface area contributed by atoms with Crippen LogP contribution in [0.4, 0.5) is 11.5 Å². The molecule has 0 amide bonds. The van der Waals surface area contributed by atoms with Crippen LogP contribution in [0.25, 0.3) is 0 Å². The van der Waals surface area contributed by atoms with Crippen LogP contribution in [-0.4, -0.2) is 16.9 Å². The molecule has 0 aliphatic heterocycles. The van der Waals surface area contributed by atoms with Crippen LogP contribution in [-0.2, 0) is 7.05 Å². The molecule has 0 bridgehead atoms. The summed E-state index contributed by atoms with van der Waals surface area (Å²) in [7, 11) is 3.57. The lowest BCUT2D eigenvalue weighted by Crippen LogP contribution is -2.00. The number of ether oxygens (including phenoxy) is 1. The van der Waals surface area contributed by atoms with E-state index >= 15 is 0 Å². The van der Waals surface area contributed by atoms with Crippen LogP contribution in [0.5, 0.6) is 5.75 Å². The zero-order valence-electron chi connectivity index (χ0n) is 10.9. The second kappa shape index (κ2) is 5.02. The lowest BCUT2D eigenvalue weighted by Gasteiger charge is -2.13. The average molecular weight is 310 g/mol. The molecule has 0 atom stereocenters. The molecule has 18 heavy (non-hydrogen) atoms. The number of methoxy groups -OCH3 is 1. The van der Waals surface area contributed by atoms with Gasteiger partial charge in [0.2, 0.25) is 0 Å². The van der Waals surface area contributed by atoms with Gasteiger partial charge in [0.15, 0.2) is 5.82 Å². The van der Waals surface area contributed by atoms with Crippen LogP contribution in [0.1, 0.15) is 11.1 Å². The monoisotopic (exact) mass is 309 g/mol. The molecule has 0 unspecified atom stereocenters. The molecule has 4 nitrogen and oxygen atoms in total. The first-order valence-electron chi connectivity index (χ1n) is 5.63. The molecule has 0 aliphatic carbocycles. The predicted octanol–water partition coefficient (Wildman–Crippen LogP) is 3.55. The molecular formula is C13H16BrN3O. The van der Waals surface area contributed by atoms with Crippen molar-refractivity contribution in [3.8, 4) is 5.75 Å². The van der Waals surface area contributed by atoms with Crippen molar-refractivity contribution in [3.63, 3.8) is 0 Å². The summed E-state index contributed by atoms with van der Waals surface area (Å²) in [4.78, 5) is 0. The zero-order chi connectivity index (χ0) is 13.3. The number of anilines is 2. The number of nitrogens with zero attached hydrogens (tertiary/aromatic N) is 2. The van der Waals surface area contributed by atoms with Gasteiger partial charge in [-0.1, -0.05) is 6.07 Å². The Morgan fingerprint density at radius 3 is 2.61 bits per heavy atom. The van der Waals surface area contributed by atoms with Crippen LogP contribution in [0.2, 0.25) is 0 Å². The van der Waals surface area contributed by atoms with E-state index in [1.807, 2.05) is 32.2 Å². The highest BCUT2D eigenvalue weighted by atomic mass is 79.9. The lowest BCUT2D eigenvalue weighted by molar-refractivity contribution is 0.412. The summed E-state index contributed by atoms with van der Waals surface area (Å²) in [6.07, 6.45) is 0. The van der Waals surface area contributed by atoms with Crippen molar-refractivity contribution in [2.24, 2.45) is 7.05 Å². The van der Waals surface area contributed by atoms with E-state index in [4.69, 9.17) is 4.74 Å². The number of nitrogens with one attached hydrogen (secondary N) is 1. The summed E-state index contributed by atoms with van der Waals surface area (Å²) < 4.78 is 8.04. The molecule has 5 heteroatoms. The van der Waals surface area contributed by atoms with Crippen LogP contribution in [0, 0.1) is 13.8 Å². The van der Waals surface area contributed by atoms with E-state index in [-0.39, 0.29) is 0 Å². The normalized spacial score (nSPS) is 10.5. The van der Waals surface area contributed by atoms with Crippen LogP contribution < -0.4 is 10.1 Å². The van der Waals surface area contributed by atoms with Gasteiger partial charge in [-0.25, -0.2) is 0 Å². The third-order valence-corrected chi connectivity index (χ3v) is 3.66. The molecular weight excluding hydrogens is 294 g/mol. The van der Waals surface area contributed by atoms with Gasteiger partial charge in [0.25, 0.3) is 0 Å². The Morgan fingerprint density at radius 2 is 2.06 bits per heavy atom. The van der Waals surface area contributed by atoms with E-state index in [2.05, 4.69) is 33.3 Å². The minimum absolute atomic E-state index is 0.809. The molecule has 1 heterocycles. The van der Waals surface area contributed by atoms with Gasteiger partial charge < -0.3 is 10.1 Å². The number of aromatic nitrogens is 2. The molecule has 96 valence electrons. The summed E-state index contributed by atoms with van der Waals surface area (Å²) in [6, 6.07) is 5.95. The highest BCUT2D eigenvalue weighted by Crippen LogP contribution is 2.31. The Hall–Kier alpha value is -1.49. The molecule has 0 aliphatic rings. The van der Waals surface area contributed by atoms with Crippen molar-refractivity contribution in [2.45, 2.75) is 13.8 Å². The van der Waals surface area contributed by atoms with Gasteiger partial charge in [0.05, 0.1) is 7.11 Å². The predicted molar refractivity (Wildman–Crippen MR) is 76.7 cm³/mol. The van der Waals surface area contributed by atoms with E-state index in [0.717, 1.165) is 33.0 Å². The first-order chi connectivity index (χ1) is 8.52. The fraction of sp³-hybridized carbons (Fsp3) is 0.308. The van der Waals surface area contributed by atoms with Gasteiger partial charge in [0.1, 0.15) is 10.4 Å². The van der Waals surface area contributed by atoms with E-state index in [9.17, 15) is 0 Å². The first-order valence-corrected chi connectivity index (χ1v) is 6.43. The summed E-state index contributed by atoms with van der Waals surface area (Å²) in [5.41, 5.74) is 3.29. The molecule has 1 N–H and O–H groups in total. The van der Waals surface area contributed by atoms with Gasteiger partial charge in [-0.15, -0.1) is 0 Å². The Morgan fingerprint density at radius 1 is 1.33 bits per heavy atom. The highest BCUT2D eigenvalue weighted by Gasteiger charge is 2.10. The number of benzene rings is 1. The first kappa shape index (κ1) is 13.0. The van der Waals surface area contributed by atoms with Gasteiger partial charge in [0, 0.05) is 24.4 Å². The van der Waals surface area contributed by atoms with E-state index in [1.165, 1.54) is 0 Å². The molecule has 0 fully saturated rings. The molecule has 2 rings (SSSR count). The topological polar surface area (TPSA) is 39.1 Å². The van der Waals surface area contributed by atoms with E-state index in [0.29, 0.717) is 0 Å². The molecule has 0 saturated heterocycles. The van der Waals surface area contributed by atoms with Crippen LogP contribution >= 0.6 is 15.9 Å². The average Bonchev–Trinajstić information content (AvgIpc) is 2.64. The Kier molecular flexibility index (Phi) is 3.61. The van der Waals surface area contributed by atoms with Gasteiger partial charge in [-0.2, -0.15) is 5.10 Å². The standard InChI is InChI=1S/C13H16BrN3O/c1-8-5-6-10(18-4)9(2)13(8)15-12-7-11(14)17(3)16-12/h5-7H,1-4H3,(H,15,16). The van der Waals surface area contributed by atoms with Crippen molar-refractivity contribution < 1.29 is 4.74 Å². The fourth-order valence-electron chi connectivity index (χ4n) is 1.88. The Balaban J connectivity index is 2.39. The Bertz CT molecular complexity index is 558. The van der Waals surface area contributed by atoms with E-state index in [1.54, 1.807) is 11.8 Å². The number of halogens is 1. The third-order valence-electron chi connectivity index (χ3n) is 2.92. The maximum absolute atomic E-state index is 5.33. The maximum atomic E-state index is 5.33. The summed E-state index contributed by atoms with van der Waals surface area (Å²) in [5, 5.41) is 7.70. The molecule has 1 aromatic carbocycles. The largest absolute Gasteiger partial charge is 0.496 e. The van der Waals surface area contributed by atoms with Crippen molar-refractivity contribution >= 4 is 27.4 Å². The summed E-state index contributed by atoms with van der Waals surface area (Å²) in [6.45, 7) is 4.10. The SMILES string of the molecule is COc1ccc(C)c(Nc2cc(Br)n(C)n2)c1C. The van der Waals surface area contributed by atoms with Gasteiger partial charge in [-0.05, 0) is 41.4 Å². The maximum Gasteiger partial charge on any atom is 0.153 e. The molecule has 0 spiro atoms. The van der Waals surface area contributed by atoms with Crippen LogP contribution in [0.3, 0.4) is 0 Å². The van der Waals surface area contributed by atoms with Gasteiger partial charge >= 0.3 is 0 Å². The number of rotatable bonds is 3. The quantitative estimate of drug-likeness (QED) is 0.942. The minimum atomic E-state index is 0.809. The fourth-order valence-corrected chi connectivity index (χ4v) is 2.17. The zero-order valence-corrected chi connectivity index (χ0v) is 12.5. The smallest absolute Gasteiger partial charge is 0.153 e. The summed E-state index contributed by atoms with van der Waals surface area (Å²) in [5.74, 6) is 1.68. The number of hydrogen-bond donors (Lipinski definition) is 1. The van der Waals surface area contributed by atoms with E-state index < -0.39 is 0 Å². The third kappa shape index (κ3) is 2.36. The van der Waals surface area contributed by atoms with Gasteiger partial charge in [-0.3, -0.25) is 4.68 Å². The van der Waals surface area contributed by atoms with Crippen molar-refractivity contribution in [3.05, 3.63) is 33.9 Å². The second-order valence-electron chi connectivity index (χ2n) is 4.19. The highest BCUT2D eigenvalue weighted by molar-refractivity contribution is 9.10. The molecule has 0 radical (unpaired) electrons. The summed E-state index contributed by atoms with van der Waals surface area (Å²) >= 11 is 3.43. The van der Waals surface area contributed by atoms with Crippen molar-refractivity contribution in [1.29, 1.82) is 0 Å². The number of aryl methyl sites for hydroxylation is 2. The lowest BCUT2D eigenvalue weighted by atomic mass is 10.1. The molecule has 0 saturated carbocycles. The van der Waals surface area contributed by atoms with Crippen LogP contribution in [0.15, 0.2) is 22.8 Å². The van der Waals surface area contributed by atoms with Crippen molar-refractivity contribution in [2.75, 3.05) is 12.4 Å². The molecule has 2 aromatic rings. The second-order valence-corrected chi connectivity index (χ2v) is 5.00. The van der Waals surface area contributed by atoms with Crippen molar-refractivity contribution in [1.82, 2.24) is 9.78 Å². The minimum Gasteiger partial charge on any atom is -0.496 e. The molecule has 1 aromatic heterocycles. The number of hydrogen-bond acceptors (Lipinski definition) is 3.